The van der Waals surface area contributed by atoms with Gasteiger partial charge < -0.3 is 20.3 Å². The molecular weight excluding hydrogens is 479 g/mol. The predicted octanol–water partition coefficient (Wildman–Crippen LogP) is 3.30. The summed E-state index contributed by atoms with van der Waals surface area (Å²) in [5.41, 5.74) is 2.38. The molecule has 2 fully saturated rings. The third-order valence-corrected chi connectivity index (χ3v) is 5.88. The molecule has 0 radical (unpaired) electrons. The van der Waals surface area contributed by atoms with Gasteiger partial charge in [0.2, 0.25) is 5.91 Å². The van der Waals surface area contributed by atoms with E-state index in [2.05, 4.69) is 32.7 Å². The Morgan fingerprint density at radius 2 is 1.90 bits per heavy atom. The number of ether oxygens (including phenoxy) is 1. The molecule has 1 saturated carbocycles. The molecule has 0 aromatic heterocycles. The number of hydrogen-bond acceptors (Lipinski definition) is 3. The van der Waals surface area contributed by atoms with E-state index in [1.807, 2.05) is 12.1 Å². The molecule has 29 heavy (non-hydrogen) atoms. The summed E-state index contributed by atoms with van der Waals surface area (Å²) < 4.78 is 5.28. The quantitative estimate of drug-likeness (QED) is 0.348. The Morgan fingerprint density at radius 1 is 1.17 bits per heavy atom. The molecule has 2 N–H and O–H groups in total. The van der Waals surface area contributed by atoms with E-state index in [1.165, 1.54) is 30.4 Å². The molecule has 1 unspecified atom stereocenters. The van der Waals surface area contributed by atoms with E-state index in [1.54, 1.807) is 14.2 Å². The number of rotatable bonds is 6. The lowest BCUT2D eigenvalue weighted by Crippen LogP contribution is -2.45. The lowest BCUT2D eigenvalue weighted by Gasteiger charge is -2.26. The number of halogens is 1. The van der Waals surface area contributed by atoms with Crippen LogP contribution in [-0.4, -0.2) is 50.1 Å². The van der Waals surface area contributed by atoms with Gasteiger partial charge in [-0.3, -0.25) is 9.79 Å². The lowest BCUT2D eigenvalue weighted by molar-refractivity contribution is -0.135. The first-order valence-corrected chi connectivity index (χ1v) is 10.5. The summed E-state index contributed by atoms with van der Waals surface area (Å²) in [4.78, 5) is 19.2. The van der Waals surface area contributed by atoms with Crippen molar-refractivity contribution in [3.63, 3.8) is 0 Å². The number of guanidine groups is 1. The van der Waals surface area contributed by atoms with Crippen molar-refractivity contribution in [3.8, 4) is 0 Å². The molecule has 162 valence electrons. The fourth-order valence-electron chi connectivity index (χ4n) is 4.28. The van der Waals surface area contributed by atoms with Crippen LogP contribution in [0.2, 0.25) is 0 Å². The number of carbonyl (C=O) groups is 1. The molecule has 1 aliphatic heterocycles. The molecule has 0 bridgehead atoms. The molecule has 1 aliphatic carbocycles. The molecule has 6 nitrogen and oxygen atoms in total. The Labute approximate surface area is 191 Å². The monoisotopic (exact) mass is 514 g/mol. The van der Waals surface area contributed by atoms with Crippen molar-refractivity contribution < 1.29 is 9.53 Å². The van der Waals surface area contributed by atoms with Crippen LogP contribution in [0.15, 0.2) is 29.3 Å². The van der Waals surface area contributed by atoms with Crippen molar-refractivity contribution in [2.75, 3.05) is 27.2 Å². The number of likely N-dealkylation sites (tertiary alicyclic amines) is 1. The van der Waals surface area contributed by atoms with Gasteiger partial charge in [0.25, 0.3) is 0 Å². The summed E-state index contributed by atoms with van der Waals surface area (Å²) in [7, 11) is 3.50. The Balaban J connectivity index is 0.00000300. The number of nitrogens with one attached hydrogen (secondary N) is 2. The number of methoxy groups -OCH3 is 1. The molecule has 0 spiro atoms. The Hall–Kier alpha value is -1.35. The zero-order chi connectivity index (χ0) is 19.8. The second-order valence-electron chi connectivity index (χ2n) is 7.88. The predicted molar refractivity (Wildman–Crippen MR) is 127 cm³/mol. The Bertz CT molecular complexity index is 677. The van der Waals surface area contributed by atoms with Crippen molar-refractivity contribution in [2.24, 2.45) is 10.9 Å². The number of hydrogen-bond donors (Lipinski definition) is 2. The van der Waals surface area contributed by atoms with Crippen LogP contribution in [0.3, 0.4) is 0 Å². The van der Waals surface area contributed by atoms with Gasteiger partial charge in [-0.2, -0.15) is 0 Å². The van der Waals surface area contributed by atoms with Crippen LogP contribution in [0, 0.1) is 5.92 Å². The fourth-order valence-corrected chi connectivity index (χ4v) is 4.28. The largest absolute Gasteiger partial charge is 0.380 e. The number of nitrogens with zero attached hydrogens (tertiary/aromatic N) is 2. The van der Waals surface area contributed by atoms with Crippen LogP contribution in [-0.2, 0) is 22.7 Å². The normalized spacial score (nSPS) is 20.3. The Morgan fingerprint density at radius 3 is 2.59 bits per heavy atom. The fraction of sp³-hybridized carbons (Fsp3) is 0.636. The van der Waals surface area contributed by atoms with Crippen molar-refractivity contribution in [3.05, 3.63) is 35.4 Å². The third-order valence-electron chi connectivity index (χ3n) is 5.88. The van der Waals surface area contributed by atoms with Gasteiger partial charge in [-0.25, -0.2) is 0 Å². The minimum Gasteiger partial charge on any atom is -0.380 e. The van der Waals surface area contributed by atoms with Crippen molar-refractivity contribution >= 4 is 35.8 Å². The molecule has 1 atom stereocenters. The third kappa shape index (κ3) is 6.84. The van der Waals surface area contributed by atoms with Crippen LogP contribution in [0.25, 0.3) is 0 Å². The zero-order valence-electron chi connectivity index (χ0n) is 17.7. The van der Waals surface area contributed by atoms with E-state index in [0.717, 1.165) is 38.3 Å². The topological polar surface area (TPSA) is 66.0 Å². The summed E-state index contributed by atoms with van der Waals surface area (Å²) in [6.07, 6.45) is 6.79. The molecule has 1 aromatic carbocycles. The van der Waals surface area contributed by atoms with Gasteiger partial charge in [0, 0.05) is 45.8 Å². The number of aliphatic imine (C=N–C) groups is 1. The average Bonchev–Trinajstić information content (AvgIpc) is 3.21. The first-order chi connectivity index (χ1) is 13.7. The zero-order valence-corrected chi connectivity index (χ0v) is 20.0. The minimum absolute atomic E-state index is 0. The SMILES string of the molecule is CN=C(NCc1ccccc1COC)NC1CCN(C(=O)C2CCCCC2)C1.I. The summed E-state index contributed by atoms with van der Waals surface area (Å²) in [6, 6.07) is 8.52. The number of carbonyl (C=O) groups excluding carboxylic acids is 1. The van der Waals surface area contributed by atoms with Gasteiger partial charge in [-0.05, 0) is 30.4 Å². The van der Waals surface area contributed by atoms with E-state index < -0.39 is 0 Å². The molecule has 1 aromatic rings. The highest BCUT2D eigenvalue weighted by Gasteiger charge is 2.31. The highest BCUT2D eigenvalue weighted by Crippen LogP contribution is 2.26. The highest BCUT2D eigenvalue weighted by atomic mass is 127. The molecule has 7 heteroatoms. The van der Waals surface area contributed by atoms with E-state index in [-0.39, 0.29) is 35.9 Å². The summed E-state index contributed by atoms with van der Waals surface area (Å²) in [5.74, 6) is 1.40. The van der Waals surface area contributed by atoms with Gasteiger partial charge in [-0.15, -0.1) is 24.0 Å². The maximum Gasteiger partial charge on any atom is 0.225 e. The maximum atomic E-state index is 12.8. The first-order valence-electron chi connectivity index (χ1n) is 10.5. The highest BCUT2D eigenvalue weighted by molar-refractivity contribution is 14.0. The van der Waals surface area contributed by atoms with E-state index >= 15 is 0 Å². The van der Waals surface area contributed by atoms with Gasteiger partial charge in [0.05, 0.1) is 6.61 Å². The van der Waals surface area contributed by atoms with Crippen molar-refractivity contribution in [1.29, 1.82) is 0 Å². The van der Waals surface area contributed by atoms with Crippen molar-refractivity contribution in [2.45, 2.75) is 57.7 Å². The van der Waals surface area contributed by atoms with E-state index in [9.17, 15) is 4.79 Å². The van der Waals surface area contributed by atoms with Crippen LogP contribution in [0.1, 0.15) is 49.7 Å². The van der Waals surface area contributed by atoms with E-state index in [0.29, 0.717) is 19.1 Å². The summed E-state index contributed by atoms with van der Waals surface area (Å²) >= 11 is 0. The van der Waals surface area contributed by atoms with Crippen LogP contribution >= 0.6 is 24.0 Å². The summed E-state index contributed by atoms with van der Waals surface area (Å²) in [6.45, 7) is 2.92. The maximum absolute atomic E-state index is 12.8. The van der Waals surface area contributed by atoms with Crippen molar-refractivity contribution in [1.82, 2.24) is 15.5 Å². The standard InChI is InChI=1S/C22H34N4O2.HI/c1-23-22(24-14-18-10-6-7-11-19(18)16-28-2)25-20-12-13-26(15-20)21(27)17-8-4-3-5-9-17;/h6-7,10-11,17,20H,3-5,8-9,12-16H2,1-2H3,(H2,23,24,25);1H. The number of benzene rings is 1. The first kappa shape index (κ1) is 23.9. The molecule has 1 heterocycles. The minimum atomic E-state index is 0. The van der Waals surface area contributed by atoms with Crippen LogP contribution < -0.4 is 10.6 Å². The molecule has 2 aliphatic rings. The second kappa shape index (κ2) is 12.4. The molecular formula is C22H35IN4O2. The summed E-state index contributed by atoms with van der Waals surface area (Å²) in [5, 5.41) is 6.89. The average molecular weight is 514 g/mol. The van der Waals surface area contributed by atoms with Gasteiger partial charge in [-0.1, -0.05) is 43.5 Å². The van der Waals surface area contributed by atoms with E-state index in [4.69, 9.17) is 4.74 Å². The van der Waals surface area contributed by atoms with Gasteiger partial charge >= 0.3 is 0 Å². The van der Waals surface area contributed by atoms with Gasteiger partial charge in [0.15, 0.2) is 5.96 Å². The smallest absolute Gasteiger partial charge is 0.225 e. The molecule has 1 saturated heterocycles. The van der Waals surface area contributed by atoms with Gasteiger partial charge in [0.1, 0.15) is 0 Å². The Kier molecular flexibility index (Phi) is 10.2. The lowest BCUT2D eigenvalue weighted by atomic mass is 9.88. The molecule has 1 amide bonds. The second-order valence-corrected chi connectivity index (χ2v) is 7.88. The van der Waals surface area contributed by atoms with Crippen LogP contribution in [0.4, 0.5) is 0 Å². The number of amides is 1. The van der Waals surface area contributed by atoms with Crippen LogP contribution in [0.5, 0.6) is 0 Å². The molecule has 3 rings (SSSR count).